The summed E-state index contributed by atoms with van der Waals surface area (Å²) >= 11 is 0. The monoisotopic (exact) mass is 763 g/mol. The molecule has 4 nitrogen and oxygen atoms in total. The minimum atomic E-state index is -0.247. The second-order valence-corrected chi connectivity index (χ2v) is 17.1. The van der Waals surface area contributed by atoms with Crippen molar-refractivity contribution in [3.8, 4) is 67.5 Å². The molecule has 8 rings (SSSR count). The summed E-state index contributed by atoms with van der Waals surface area (Å²) in [4.78, 5) is 10.4. The van der Waals surface area contributed by atoms with Gasteiger partial charge in [-0.3, -0.25) is 9.55 Å². The second-order valence-electron chi connectivity index (χ2n) is 17.1. The van der Waals surface area contributed by atoms with Gasteiger partial charge in [0.05, 0.1) is 33.5 Å². The first kappa shape index (κ1) is 33.8. The molecule has 0 aliphatic heterocycles. The molecule has 0 aliphatic carbocycles. The number of aromatic nitrogens is 3. The quantitative estimate of drug-likeness (QED) is 0.168. The maximum atomic E-state index is 12.2. The van der Waals surface area contributed by atoms with E-state index in [2.05, 4.69) is 151 Å². The summed E-state index contributed by atoms with van der Waals surface area (Å²) in [6.45, 7) is 18.9. The molecule has 0 fully saturated rings. The van der Waals surface area contributed by atoms with Gasteiger partial charge >= 0.3 is 0 Å². The number of benzene rings is 6. The van der Waals surface area contributed by atoms with E-state index in [4.69, 9.17) is 15.5 Å². The van der Waals surface area contributed by atoms with Crippen LogP contribution in [0.15, 0.2) is 140 Å². The molecule has 0 saturated carbocycles. The van der Waals surface area contributed by atoms with Crippen molar-refractivity contribution in [1.29, 1.82) is 0 Å². The molecule has 0 amide bonds. The van der Waals surface area contributed by atoms with E-state index in [9.17, 15) is 5.11 Å². The van der Waals surface area contributed by atoms with Crippen LogP contribution in [0, 0.1) is 13.8 Å². The molecule has 1 N–H and O–H groups in total. The maximum absolute atomic E-state index is 12.2. The van der Waals surface area contributed by atoms with Crippen molar-refractivity contribution in [3.05, 3.63) is 167 Å². The Morgan fingerprint density at radius 1 is 0.621 bits per heavy atom. The van der Waals surface area contributed by atoms with E-state index < -0.39 is 0 Å². The molecule has 0 radical (unpaired) electrons. The first-order valence-corrected chi connectivity index (χ1v) is 20.2. The molecule has 0 unspecified atom stereocenters. The third kappa shape index (κ3) is 7.36. The molecule has 0 spiro atoms. The lowest BCUT2D eigenvalue weighted by atomic mass is 9.83. The van der Waals surface area contributed by atoms with Crippen molar-refractivity contribution in [2.45, 2.75) is 79.6 Å². The third-order valence-electron chi connectivity index (χ3n) is 11.1. The van der Waals surface area contributed by atoms with E-state index in [0.717, 1.165) is 66.8 Å². The smallest absolute Gasteiger partial charge is 0.149 e. The lowest BCUT2D eigenvalue weighted by Gasteiger charge is -2.22. The van der Waals surface area contributed by atoms with Gasteiger partial charge in [-0.2, -0.15) is 0 Å². The van der Waals surface area contributed by atoms with E-state index in [-0.39, 0.29) is 52.7 Å². The SMILES string of the molecule is [2H]c1c([2H])c(-c2ccnc(-c3cc(-c4cccc5c4nc(-c4cc(C(C)C)cc(C(C)C)c4O)n5-c4ccc(C)cc4-c4ccccc4)cc(C(C)(C)C)c3)c2)c([2H])c([2H])c1C. The van der Waals surface area contributed by atoms with Crippen LogP contribution in [0.5, 0.6) is 5.75 Å². The highest BCUT2D eigenvalue weighted by Gasteiger charge is 2.26. The normalized spacial score (nSPS) is 12.9. The fourth-order valence-electron chi connectivity index (χ4n) is 7.70. The van der Waals surface area contributed by atoms with E-state index in [1.54, 1.807) is 19.2 Å². The first-order valence-electron chi connectivity index (χ1n) is 22.2. The molecular weight excluding hydrogens is 707 g/mol. The fraction of sp³-hybridized carbons (Fsp3) is 0.222. The number of imidazole rings is 1. The number of fused-ring (bicyclic) bond motifs is 1. The Morgan fingerprint density at radius 2 is 1.36 bits per heavy atom. The third-order valence-corrected chi connectivity index (χ3v) is 11.1. The van der Waals surface area contributed by atoms with E-state index in [1.165, 1.54) is 0 Å². The van der Waals surface area contributed by atoms with Crippen LogP contribution in [0.4, 0.5) is 0 Å². The number of aromatic hydroxyl groups is 1. The van der Waals surface area contributed by atoms with Crippen LogP contribution in [0.3, 0.4) is 0 Å². The zero-order valence-electron chi connectivity index (χ0n) is 38.9. The molecule has 0 atom stereocenters. The summed E-state index contributed by atoms with van der Waals surface area (Å²) in [6.07, 6.45) is 1.67. The maximum Gasteiger partial charge on any atom is 0.149 e. The van der Waals surface area contributed by atoms with Gasteiger partial charge in [0.1, 0.15) is 11.6 Å². The fourth-order valence-corrected chi connectivity index (χ4v) is 7.70. The largest absolute Gasteiger partial charge is 0.507 e. The Labute approximate surface area is 349 Å². The predicted molar refractivity (Wildman–Crippen MR) is 244 cm³/mol. The summed E-state index contributed by atoms with van der Waals surface area (Å²) < 4.78 is 36.8. The molecule has 58 heavy (non-hydrogen) atoms. The van der Waals surface area contributed by atoms with Gasteiger partial charge in [0, 0.05) is 22.9 Å². The number of phenolic OH excluding ortho intramolecular Hbond substituents is 1. The standard InChI is InChI=1S/C54H53N3O/c1-33(2)40-30-45(34(3)4)52(58)47(31-40)53-56-51-44(16-13-17-50(51)57(53)49-23-20-36(6)26-46(49)38-14-11-10-12-15-38)41-27-42(29-43(28-41)54(7,8)9)48-32-39(24-25-55-48)37-21-18-35(5)19-22-37/h10-34,58H,1-9H3/i18D,19D,21D,22D. The summed E-state index contributed by atoms with van der Waals surface area (Å²) in [7, 11) is 0. The molecule has 2 heterocycles. The molecule has 8 aromatic rings. The average Bonchev–Trinajstić information content (AvgIpc) is 3.64. The first-order chi connectivity index (χ1) is 29.4. The van der Waals surface area contributed by atoms with Crippen LogP contribution in [-0.4, -0.2) is 19.6 Å². The number of rotatable bonds is 8. The van der Waals surface area contributed by atoms with Gasteiger partial charge in [-0.15, -0.1) is 0 Å². The van der Waals surface area contributed by atoms with E-state index >= 15 is 0 Å². The summed E-state index contributed by atoms with van der Waals surface area (Å²) in [5.41, 5.74) is 13.9. The van der Waals surface area contributed by atoms with Gasteiger partial charge in [0.15, 0.2) is 0 Å². The van der Waals surface area contributed by atoms with Crippen LogP contribution >= 0.6 is 0 Å². The van der Waals surface area contributed by atoms with Crippen LogP contribution in [0.1, 0.15) is 93.6 Å². The van der Waals surface area contributed by atoms with Crippen LogP contribution < -0.4 is 0 Å². The number of aryl methyl sites for hydroxylation is 1. The van der Waals surface area contributed by atoms with Crippen molar-refractivity contribution in [1.82, 2.24) is 14.5 Å². The van der Waals surface area contributed by atoms with E-state index in [0.29, 0.717) is 28.2 Å². The summed E-state index contributed by atoms with van der Waals surface area (Å²) in [5.74, 6) is 1.18. The highest BCUT2D eigenvalue weighted by atomic mass is 16.3. The molecule has 290 valence electrons. The highest BCUT2D eigenvalue weighted by molar-refractivity contribution is 5.98. The molecule has 0 saturated heterocycles. The Kier molecular flexibility index (Phi) is 8.90. The van der Waals surface area contributed by atoms with Crippen molar-refractivity contribution in [3.63, 3.8) is 0 Å². The van der Waals surface area contributed by atoms with Gasteiger partial charge < -0.3 is 5.11 Å². The van der Waals surface area contributed by atoms with Gasteiger partial charge in [-0.1, -0.05) is 144 Å². The molecule has 4 heteroatoms. The van der Waals surface area contributed by atoms with Gasteiger partial charge in [0.2, 0.25) is 0 Å². The number of phenols is 1. The lowest BCUT2D eigenvalue weighted by Crippen LogP contribution is -2.11. The average molecular weight is 764 g/mol. The summed E-state index contributed by atoms with van der Waals surface area (Å²) in [5, 5.41) is 12.2. The number of hydrogen-bond acceptors (Lipinski definition) is 3. The molecule has 2 aromatic heterocycles. The molecule has 0 bridgehead atoms. The summed E-state index contributed by atoms with van der Waals surface area (Å²) in [6, 6.07) is 37.3. The zero-order chi connectivity index (χ0) is 44.4. The number of nitrogens with zero attached hydrogens (tertiary/aromatic N) is 3. The van der Waals surface area contributed by atoms with Crippen molar-refractivity contribution < 1.29 is 10.6 Å². The van der Waals surface area contributed by atoms with Crippen LogP contribution in [-0.2, 0) is 5.41 Å². The topological polar surface area (TPSA) is 50.9 Å². The Balaban J connectivity index is 1.42. The van der Waals surface area contributed by atoms with Crippen LogP contribution in [0.25, 0.3) is 72.7 Å². The minimum Gasteiger partial charge on any atom is -0.507 e. The van der Waals surface area contributed by atoms with Crippen LogP contribution in [0.2, 0.25) is 0 Å². The molecular formula is C54H53N3O. The van der Waals surface area contributed by atoms with Gasteiger partial charge in [0.25, 0.3) is 0 Å². The van der Waals surface area contributed by atoms with Crippen molar-refractivity contribution in [2.24, 2.45) is 0 Å². The Morgan fingerprint density at radius 3 is 2.07 bits per heavy atom. The second kappa shape index (κ2) is 15.2. The van der Waals surface area contributed by atoms with E-state index in [1.807, 2.05) is 12.1 Å². The zero-order valence-corrected chi connectivity index (χ0v) is 34.9. The highest BCUT2D eigenvalue weighted by Crippen LogP contribution is 2.44. The molecule has 6 aromatic carbocycles. The van der Waals surface area contributed by atoms with Gasteiger partial charge in [-0.25, -0.2) is 4.98 Å². The minimum absolute atomic E-state index is 0.0468. The lowest BCUT2D eigenvalue weighted by molar-refractivity contribution is 0.466. The van der Waals surface area contributed by atoms with Crippen molar-refractivity contribution in [2.75, 3.05) is 0 Å². The Hall–Kier alpha value is -6.26. The number of para-hydroxylation sites is 1. The van der Waals surface area contributed by atoms with Gasteiger partial charge in [-0.05, 0) is 119 Å². The molecule has 0 aliphatic rings. The number of hydrogen-bond donors (Lipinski definition) is 1. The predicted octanol–water partition coefficient (Wildman–Crippen LogP) is 14.6. The Bertz CT molecular complexity index is 3000. The van der Waals surface area contributed by atoms with Crippen molar-refractivity contribution >= 4 is 11.0 Å². The number of pyridine rings is 1.